The maximum Gasteiger partial charge on any atom is 0.0732 e. The molecule has 0 fully saturated rings. The zero-order valence-electron chi connectivity index (χ0n) is 8.04. The number of nitrogen functional groups attached to an aromatic ring is 1. The Balaban J connectivity index is 2.62. The van der Waals surface area contributed by atoms with Gasteiger partial charge in [0.05, 0.1) is 17.6 Å². The summed E-state index contributed by atoms with van der Waals surface area (Å²) in [5, 5.41) is 4.09. The maximum atomic E-state index is 5.74. The molecule has 2 N–H and O–H groups in total. The van der Waals surface area contributed by atoms with Crippen LogP contribution in [0.5, 0.6) is 0 Å². The van der Waals surface area contributed by atoms with Crippen LogP contribution < -0.4 is 5.73 Å². The Morgan fingerprint density at radius 2 is 2.25 bits per heavy atom. The Labute approximate surface area is 73.6 Å². The van der Waals surface area contributed by atoms with Gasteiger partial charge in [0.2, 0.25) is 0 Å². The summed E-state index contributed by atoms with van der Waals surface area (Å²) in [4.78, 5) is 0. The fourth-order valence-corrected chi connectivity index (χ4v) is 1.21. The van der Waals surface area contributed by atoms with Gasteiger partial charge in [-0.05, 0) is 18.8 Å². The van der Waals surface area contributed by atoms with Crippen molar-refractivity contribution in [2.45, 2.75) is 26.7 Å². The van der Waals surface area contributed by atoms with Crippen LogP contribution in [0.25, 0.3) is 0 Å². The Hall–Kier alpha value is -0.990. The fraction of sp³-hybridized carbons (Fsp3) is 0.667. The van der Waals surface area contributed by atoms with E-state index >= 15 is 0 Å². The van der Waals surface area contributed by atoms with Crippen molar-refractivity contribution >= 4 is 5.69 Å². The number of aromatic nitrogens is 2. The first kappa shape index (κ1) is 9.10. The second-order valence-corrected chi connectivity index (χ2v) is 3.60. The molecule has 0 saturated heterocycles. The van der Waals surface area contributed by atoms with E-state index in [1.807, 2.05) is 11.7 Å². The van der Waals surface area contributed by atoms with Gasteiger partial charge in [-0.2, -0.15) is 5.10 Å². The largest absolute Gasteiger partial charge is 0.396 e. The van der Waals surface area contributed by atoms with Crippen molar-refractivity contribution in [1.82, 2.24) is 9.78 Å². The average Bonchev–Trinajstić information content (AvgIpc) is 2.28. The fourth-order valence-electron chi connectivity index (χ4n) is 1.21. The van der Waals surface area contributed by atoms with Crippen LogP contribution in [-0.4, -0.2) is 9.78 Å². The van der Waals surface area contributed by atoms with Gasteiger partial charge in [-0.15, -0.1) is 0 Å². The maximum absolute atomic E-state index is 5.74. The summed E-state index contributed by atoms with van der Waals surface area (Å²) in [5.74, 6) is 0.722. The van der Waals surface area contributed by atoms with E-state index in [4.69, 9.17) is 5.73 Å². The molecule has 0 aromatic carbocycles. The van der Waals surface area contributed by atoms with Gasteiger partial charge in [0.15, 0.2) is 0 Å². The highest BCUT2D eigenvalue weighted by Gasteiger charge is 2.05. The number of rotatable bonds is 3. The van der Waals surface area contributed by atoms with Gasteiger partial charge in [-0.1, -0.05) is 13.8 Å². The number of aryl methyl sites for hydroxylation is 1. The van der Waals surface area contributed by atoms with Crippen LogP contribution >= 0.6 is 0 Å². The van der Waals surface area contributed by atoms with E-state index in [1.54, 1.807) is 6.20 Å². The Bertz CT molecular complexity index is 231. The van der Waals surface area contributed by atoms with Crippen LogP contribution in [0.4, 0.5) is 5.69 Å². The third-order valence-electron chi connectivity index (χ3n) is 2.05. The lowest BCUT2D eigenvalue weighted by molar-refractivity contribution is 0.565. The minimum atomic E-state index is 0.722. The predicted octanol–water partition coefficient (Wildman–Crippen LogP) is 1.59. The number of hydrogen-bond acceptors (Lipinski definition) is 2. The van der Waals surface area contributed by atoms with E-state index in [2.05, 4.69) is 18.9 Å². The smallest absolute Gasteiger partial charge is 0.0732 e. The molecule has 1 rings (SSSR count). The van der Waals surface area contributed by atoms with E-state index < -0.39 is 0 Å². The molecule has 0 amide bonds. The van der Waals surface area contributed by atoms with Crippen molar-refractivity contribution in [2.75, 3.05) is 5.73 Å². The van der Waals surface area contributed by atoms with Crippen LogP contribution in [0, 0.1) is 5.92 Å². The van der Waals surface area contributed by atoms with Crippen LogP contribution in [0.2, 0.25) is 0 Å². The second-order valence-electron chi connectivity index (χ2n) is 3.60. The summed E-state index contributed by atoms with van der Waals surface area (Å²) in [6.45, 7) is 4.43. The summed E-state index contributed by atoms with van der Waals surface area (Å²) in [6.07, 6.45) is 3.92. The number of hydrogen-bond donors (Lipinski definition) is 1. The molecule has 0 aliphatic heterocycles. The van der Waals surface area contributed by atoms with Crippen molar-refractivity contribution < 1.29 is 0 Å². The SMILES string of the molecule is CC(C)CCc1c(N)cnn1C. The molecule has 0 saturated carbocycles. The first-order valence-electron chi connectivity index (χ1n) is 4.37. The lowest BCUT2D eigenvalue weighted by Gasteiger charge is -2.05. The monoisotopic (exact) mass is 167 g/mol. The first-order chi connectivity index (χ1) is 5.61. The molecule has 0 bridgehead atoms. The second kappa shape index (κ2) is 3.61. The van der Waals surface area contributed by atoms with Crippen LogP contribution in [0.1, 0.15) is 26.0 Å². The Kier molecular flexibility index (Phi) is 2.74. The molecule has 0 aliphatic carbocycles. The van der Waals surface area contributed by atoms with E-state index in [0.29, 0.717) is 0 Å². The molecule has 12 heavy (non-hydrogen) atoms. The lowest BCUT2D eigenvalue weighted by Crippen LogP contribution is -2.02. The molecular weight excluding hydrogens is 150 g/mol. The predicted molar refractivity (Wildman–Crippen MR) is 50.8 cm³/mol. The molecule has 1 heterocycles. The average molecular weight is 167 g/mol. The van der Waals surface area contributed by atoms with Crippen molar-refractivity contribution in [1.29, 1.82) is 0 Å². The normalized spacial score (nSPS) is 11.0. The molecule has 0 aliphatic rings. The van der Waals surface area contributed by atoms with Crippen molar-refractivity contribution in [3.05, 3.63) is 11.9 Å². The van der Waals surface area contributed by atoms with Gasteiger partial charge in [-0.25, -0.2) is 0 Å². The van der Waals surface area contributed by atoms with Crippen LogP contribution in [-0.2, 0) is 13.5 Å². The molecule has 3 heteroatoms. The highest BCUT2D eigenvalue weighted by Crippen LogP contribution is 2.14. The summed E-state index contributed by atoms with van der Waals surface area (Å²) in [5.41, 5.74) is 7.72. The summed E-state index contributed by atoms with van der Waals surface area (Å²) in [7, 11) is 1.94. The van der Waals surface area contributed by atoms with E-state index in [0.717, 1.165) is 23.7 Å². The van der Waals surface area contributed by atoms with E-state index in [-0.39, 0.29) is 0 Å². The molecule has 68 valence electrons. The number of nitrogens with two attached hydrogens (primary N) is 1. The van der Waals surface area contributed by atoms with Gasteiger partial charge in [0, 0.05) is 7.05 Å². The molecule has 1 aromatic rings. The topological polar surface area (TPSA) is 43.8 Å². The zero-order chi connectivity index (χ0) is 9.14. The van der Waals surface area contributed by atoms with Gasteiger partial charge in [-0.3, -0.25) is 4.68 Å². The zero-order valence-corrected chi connectivity index (χ0v) is 8.04. The quantitative estimate of drug-likeness (QED) is 0.743. The lowest BCUT2D eigenvalue weighted by atomic mass is 10.1. The van der Waals surface area contributed by atoms with Crippen molar-refractivity contribution in [3.63, 3.8) is 0 Å². The minimum Gasteiger partial charge on any atom is -0.396 e. The molecule has 0 atom stereocenters. The van der Waals surface area contributed by atoms with Gasteiger partial charge < -0.3 is 5.73 Å². The molecule has 3 nitrogen and oxygen atoms in total. The van der Waals surface area contributed by atoms with E-state index in [1.165, 1.54) is 6.42 Å². The molecular formula is C9H17N3. The van der Waals surface area contributed by atoms with Crippen LogP contribution in [0.3, 0.4) is 0 Å². The van der Waals surface area contributed by atoms with E-state index in [9.17, 15) is 0 Å². The van der Waals surface area contributed by atoms with Crippen molar-refractivity contribution in [3.8, 4) is 0 Å². The highest BCUT2D eigenvalue weighted by molar-refractivity contribution is 5.40. The Morgan fingerprint density at radius 1 is 1.58 bits per heavy atom. The summed E-state index contributed by atoms with van der Waals surface area (Å²) < 4.78 is 1.86. The number of nitrogens with zero attached hydrogens (tertiary/aromatic N) is 2. The molecule has 0 radical (unpaired) electrons. The standard InChI is InChI=1S/C9H17N3/c1-7(2)4-5-9-8(10)6-11-12(9)3/h6-7H,4-5,10H2,1-3H3. The molecule has 0 spiro atoms. The van der Waals surface area contributed by atoms with Crippen LogP contribution in [0.15, 0.2) is 6.20 Å². The van der Waals surface area contributed by atoms with Gasteiger partial charge in [0.1, 0.15) is 0 Å². The summed E-state index contributed by atoms with van der Waals surface area (Å²) >= 11 is 0. The third kappa shape index (κ3) is 2.00. The molecule has 1 aromatic heterocycles. The minimum absolute atomic E-state index is 0.722. The Morgan fingerprint density at radius 3 is 2.67 bits per heavy atom. The molecule has 0 unspecified atom stereocenters. The number of anilines is 1. The summed E-state index contributed by atoms with van der Waals surface area (Å²) in [6, 6.07) is 0. The first-order valence-corrected chi connectivity index (χ1v) is 4.37. The van der Waals surface area contributed by atoms with Gasteiger partial charge >= 0.3 is 0 Å². The van der Waals surface area contributed by atoms with Crippen molar-refractivity contribution in [2.24, 2.45) is 13.0 Å². The third-order valence-corrected chi connectivity index (χ3v) is 2.05. The van der Waals surface area contributed by atoms with Gasteiger partial charge in [0.25, 0.3) is 0 Å². The highest BCUT2D eigenvalue weighted by atomic mass is 15.3.